The van der Waals surface area contributed by atoms with Crippen LogP contribution in [0.25, 0.3) is 0 Å². The third-order valence-electron chi connectivity index (χ3n) is 7.60. The van der Waals surface area contributed by atoms with E-state index in [1.165, 1.54) is 37.7 Å². The summed E-state index contributed by atoms with van der Waals surface area (Å²) in [6.07, 6.45) is 10.3. The first kappa shape index (κ1) is 23.7. The molecule has 2 aliphatic carbocycles. The highest BCUT2D eigenvalue weighted by atomic mass is 32.2. The van der Waals surface area contributed by atoms with Gasteiger partial charge in [-0.3, -0.25) is 9.52 Å². The summed E-state index contributed by atoms with van der Waals surface area (Å²) >= 11 is 0. The van der Waals surface area contributed by atoms with Crippen LogP contribution >= 0.6 is 0 Å². The lowest BCUT2D eigenvalue weighted by atomic mass is 9.64. The van der Waals surface area contributed by atoms with E-state index < -0.39 is 15.4 Å². The zero-order valence-corrected chi connectivity index (χ0v) is 20.6. The second kappa shape index (κ2) is 9.90. The predicted molar refractivity (Wildman–Crippen MR) is 136 cm³/mol. The lowest BCUT2D eigenvalue weighted by Crippen LogP contribution is -2.48. The van der Waals surface area contributed by atoms with Gasteiger partial charge in [-0.2, -0.15) is 0 Å². The Hall–Kier alpha value is -3.06. The molecule has 0 aliphatic heterocycles. The zero-order valence-electron chi connectivity index (χ0n) is 19.8. The third kappa shape index (κ3) is 5.01. The number of benzene rings is 2. The Balaban J connectivity index is 1.25. The number of furan rings is 1. The minimum absolute atomic E-state index is 0.0217. The van der Waals surface area contributed by atoms with E-state index >= 15 is 0 Å². The Morgan fingerprint density at radius 2 is 1.63 bits per heavy atom. The lowest BCUT2D eigenvalue weighted by Gasteiger charge is -2.40. The quantitative estimate of drug-likeness (QED) is 0.412. The van der Waals surface area contributed by atoms with Crippen molar-refractivity contribution in [2.24, 2.45) is 0 Å². The van der Waals surface area contributed by atoms with Crippen molar-refractivity contribution in [3.05, 3.63) is 83.8 Å². The van der Waals surface area contributed by atoms with E-state index in [0.29, 0.717) is 23.9 Å². The summed E-state index contributed by atoms with van der Waals surface area (Å²) in [4.78, 5) is 13.3. The SMILES string of the molecule is O=C(NCc1ccco1)C1(c2ccc(NS(=O)(=O)c3ccc(C4CCCCC4)cc3)cc2)CCC1. The van der Waals surface area contributed by atoms with Crippen LogP contribution < -0.4 is 10.0 Å². The summed E-state index contributed by atoms with van der Waals surface area (Å²) < 4.78 is 33.9. The molecule has 2 aromatic carbocycles. The number of hydrogen-bond donors (Lipinski definition) is 2. The number of anilines is 1. The molecule has 0 saturated heterocycles. The Kier molecular flexibility index (Phi) is 6.69. The normalized spacial score (nSPS) is 17.9. The smallest absolute Gasteiger partial charge is 0.261 e. The van der Waals surface area contributed by atoms with Gasteiger partial charge in [0, 0.05) is 5.69 Å². The molecule has 0 bridgehead atoms. The fourth-order valence-electron chi connectivity index (χ4n) is 5.35. The maximum Gasteiger partial charge on any atom is 0.261 e. The molecule has 2 fully saturated rings. The summed E-state index contributed by atoms with van der Waals surface area (Å²) in [6.45, 7) is 0.352. The van der Waals surface area contributed by atoms with Crippen LogP contribution in [-0.4, -0.2) is 14.3 Å². The maximum absolute atomic E-state index is 13.0. The molecule has 2 N–H and O–H groups in total. The molecule has 1 aromatic heterocycles. The van der Waals surface area contributed by atoms with E-state index in [9.17, 15) is 13.2 Å². The van der Waals surface area contributed by atoms with Crippen molar-refractivity contribution < 1.29 is 17.6 Å². The topological polar surface area (TPSA) is 88.4 Å². The first-order chi connectivity index (χ1) is 17.0. The average molecular weight is 493 g/mol. The van der Waals surface area contributed by atoms with Crippen molar-refractivity contribution in [2.75, 3.05) is 4.72 Å². The molecule has 1 amide bonds. The van der Waals surface area contributed by atoms with Gasteiger partial charge in [0.05, 0.1) is 23.1 Å². The first-order valence-electron chi connectivity index (χ1n) is 12.5. The first-order valence-corrected chi connectivity index (χ1v) is 14.0. The van der Waals surface area contributed by atoms with Crippen LogP contribution in [0.15, 0.2) is 76.2 Å². The zero-order chi connectivity index (χ0) is 24.3. The standard InChI is InChI=1S/C28H32N2O4S/c31-27(29-20-25-8-4-19-34-25)28(17-5-18-28)23-11-13-24(14-12-23)30-35(32,33)26-15-9-22(10-16-26)21-6-2-1-3-7-21/h4,8-16,19,21,30H,1-3,5-7,17-18,20H2,(H,29,31). The van der Waals surface area contributed by atoms with E-state index in [0.717, 1.165) is 24.8 Å². The number of hydrogen-bond acceptors (Lipinski definition) is 4. The van der Waals surface area contributed by atoms with Crippen LogP contribution in [0.1, 0.15) is 74.2 Å². The number of rotatable bonds is 8. The van der Waals surface area contributed by atoms with Gasteiger partial charge in [-0.25, -0.2) is 8.42 Å². The van der Waals surface area contributed by atoms with Gasteiger partial charge in [-0.15, -0.1) is 0 Å². The summed E-state index contributed by atoms with van der Waals surface area (Å²) in [5.41, 5.74) is 2.04. The van der Waals surface area contributed by atoms with Gasteiger partial charge in [0.2, 0.25) is 5.91 Å². The number of nitrogens with one attached hydrogen (secondary N) is 2. The van der Waals surface area contributed by atoms with Gasteiger partial charge < -0.3 is 9.73 Å². The molecule has 35 heavy (non-hydrogen) atoms. The highest BCUT2D eigenvalue weighted by molar-refractivity contribution is 7.92. The van der Waals surface area contributed by atoms with Crippen molar-refractivity contribution in [3.8, 4) is 0 Å². The van der Waals surface area contributed by atoms with Crippen molar-refractivity contribution in [1.29, 1.82) is 0 Å². The van der Waals surface area contributed by atoms with Gasteiger partial charge in [0.1, 0.15) is 5.76 Å². The molecule has 0 unspecified atom stereocenters. The predicted octanol–water partition coefficient (Wildman–Crippen LogP) is 5.87. The summed E-state index contributed by atoms with van der Waals surface area (Å²) in [5, 5.41) is 2.98. The molecule has 2 aliphatic rings. The van der Waals surface area contributed by atoms with Crippen LogP contribution in [0.3, 0.4) is 0 Å². The summed E-state index contributed by atoms with van der Waals surface area (Å²) in [5.74, 6) is 1.23. The summed E-state index contributed by atoms with van der Waals surface area (Å²) in [7, 11) is -3.69. The molecule has 6 nitrogen and oxygen atoms in total. The summed E-state index contributed by atoms with van der Waals surface area (Å²) in [6, 6.07) is 18.1. The maximum atomic E-state index is 13.0. The molecule has 1 heterocycles. The van der Waals surface area contributed by atoms with Crippen LogP contribution in [0.2, 0.25) is 0 Å². The Morgan fingerprint density at radius 1 is 0.914 bits per heavy atom. The van der Waals surface area contributed by atoms with E-state index in [4.69, 9.17) is 4.42 Å². The second-order valence-corrected chi connectivity index (χ2v) is 11.5. The van der Waals surface area contributed by atoms with Gasteiger partial charge >= 0.3 is 0 Å². The molecule has 0 radical (unpaired) electrons. The molecular weight excluding hydrogens is 460 g/mol. The highest BCUT2D eigenvalue weighted by Gasteiger charge is 2.45. The average Bonchev–Trinajstić information content (AvgIpc) is 3.37. The van der Waals surface area contributed by atoms with Crippen molar-refractivity contribution >= 4 is 21.6 Å². The Labute approximate surface area is 207 Å². The molecule has 184 valence electrons. The molecule has 0 spiro atoms. The monoisotopic (exact) mass is 492 g/mol. The van der Waals surface area contributed by atoms with Crippen LogP contribution in [0.4, 0.5) is 5.69 Å². The van der Waals surface area contributed by atoms with Gasteiger partial charge in [-0.1, -0.05) is 49.9 Å². The Morgan fingerprint density at radius 3 is 2.23 bits per heavy atom. The molecule has 3 aromatic rings. The lowest BCUT2D eigenvalue weighted by molar-refractivity contribution is -0.130. The van der Waals surface area contributed by atoms with Crippen molar-refractivity contribution in [3.63, 3.8) is 0 Å². The molecule has 7 heteroatoms. The molecule has 5 rings (SSSR count). The van der Waals surface area contributed by atoms with Crippen molar-refractivity contribution in [2.45, 2.75) is 74.1 Å². The number of carbonyl (C=O) groups is 1. The highest BCUT2D eigenvalue weighted by Crippen LogP contribution is 2.44. The number of carbonyl (C=O) groups excluding carboxylic acids is 1. The van der Waals surface area contributed by atoms with Gasteiger partial charge in [-0.05, 0) is 79.1 Å². The van der Waals surface area contributed by atoms with Crippen LogP contribution in [0.5, 0.6) is 0 Å². The van der Waals surface area contributed by atoms with Gasteiger partial charge in [0.15, 0.2) is 0 Å². The third-order valence-corrected chi connectivity index (χ3v) is 9.00. The van der Waals surface area contributed by atoms with Crippen LogP contribution in [-0.2, 0) is 26.8 Å². The second-order valence-electron chi connectivity index (χ2n) is 9.78. The fourth-order valence-corrected chi connectivity index (χ4v) is 6.41. The van der Waals surface area contributed by atoms with Crippen LogP contribution in [0, 0.1) is 0 Å². The molecular formula is C28H32N2O4S. The minimum Gasteiger partial charge on any atom is -0.467 e. The molecule has 0 atom stereocenters. The van der Waals surface area contributed by atoms with E-state index in [-0.39, 0.29) is 10.8 Å². The number of amides is 1. The van der Waals surface area contributed by atoms with Crippen molar-refractivity contribution in [1.82, 2.24) is 5.32 Å². The fraction of sp³-hybridized carbons (Fsp3) is 0.393. The van der Waals surface area contributed by atoms with Gasteiger partial charge in [0.25, 0.3) is 10.0 Å². The van der Waals surface area contributed by atoms with E-state index in [1.54, 1.807) is 36.6 Å². The minimum atomic E-state index is -3.69. The van der Waals surface area contributed by atoms with E-state index in [2.05, 4.69) is 10.0 Å². The largest absolute Gasteiger partial charge is 0.467 e. The molecule has 2 saturated carbocycles. The number of sulfonamides is 1. The van der Waals surface area contributed by atoms with E-state index in [1.807, 2.05) is 30.3 Å². The Bertz CT molecular complexity index is 1240.